The Hall–Kier alpha value is -2.18. The minimum Gasteiger partial charge on any atom is -0.484 e. The van der Waals surface area contributed by atoms with Gasteiger partial charge in [-0.25, -0.2) is 16.8 Å². The van der Waals surface area contributed by atoms with Crippen LogP contribution in [0.5, 0.6) is 5.75 Å². The summed E-state index contributed by atoms with van der Waals surface area (Å²) in [4.78, 5) is 12.3. The predicted molar refractivity (Wildman–Crippen MR) is 115 cm³/mol. The maximum absolute atomic E-state index is 12.9. The van der Waals surface area contributed by atoms with Crippen molar-refractivity contribution in [2.45, 2.75) is 9.79 Å². The van der Waals surface area contributed by atoms with Crippen molar-refractivity contribution in [2.75, 3.05) is 44.5 Å². The van der Waals surface area contributed by atoms with E-state index in [-0.39, 0.29) is 40.2 Å². The van der Waals surface area contributed by atoms with Crippen molar-refractivity contribution in [2.24, 2.45) is 0 Å². The Balaban J connectivity index is 1.66. The molecule has 1 amide bonds. The molecule has 2 aromatic carbocycles. The van der Waals surface area contributed by atoms with E-state index in [2.05, 4.69) is 5.32 Å². The summed E-state index contributed by atoms with van der Waals surface area (Å²) in [6, 6.07) is 9.83. The molecule has 0 atom stereocenters. The zero-order valence-electron chi connectivity index (χ0n) is 16.6. The maximum Gasteiger partial charge on any atom is 0.262 e. The summed E-state index contributed by atoms with van der Waals surface area (Å²) in [6.07, 6.45) is 1.09. The Morgan fingerprint density at radius 2 is 1.74 bits per heavy atom. The van der Waals surface area contributed by atoms with Crippen LogP contribution in [0.4, 0.5) is 5.69 Å². The number of hydrogen-bond acceptors (Lipinski definition) is 7. The van der Waals surface area contributed by atoms with Gasteiger partial charge in [0.05, 0.1) is 23.1 Å². The molecular formula is C19H21ClN2O7S2. The number of halogens is 1. The minimum atomic E-state index is -3.83. The van der Waals surface area contributed by atoms with E-state index in [0.717, 1.165) is 6.26 Å². The lowest BCUT2D eigenvalue weighted by atomic mass is 10.3. The van der Waals surface area contributed by atoms with Gasteiger partial charge in [0.2, 0.25) is 10.0 Å². The summed E-state index contributed by atoms with van der Waals surface area (Å²) < 4.78 is 60.5. The molecule has 1 N–H and O–H groups in total. The van der Waals surface area contributed by atoms with Crippen LogP contribution in [-0.2, 0) is 29.4 Å². The van der Waals surface area contributed by atoms with E-state index < -0.39 is 25.8 Å². The number of anilines is 1. The lowest BCUT2D eigenvalue weighted by molar-refractivity contribution is -0.118. The predicted octanol–water partition coefficient (Wildman–Crippen LogP) is 1.78. The molecule has 3 rings (SSSR count). The van der Waals surface area contributed by atoms with Crippen molar-refractivity contribution in [3.8, 4) is 5.75 Å². The number of carbonyl (C=O) groups is 1. The van der Waals surface area contributed by atoms with Gasteiger partial charge in [0, 0.05) is 25.0 Å². The second-order valence-corrected chi connectivity index (χ2v) is 11.1. The summed E-state index contributed by atoms with van der Waals surface area (Å²) in [5.41, 5.74) is 0.247. The number of nitrogens with one attached hydrogen (secondary N) is 1. The number of ether oxygens (including phenoxy) is 2. The second kappa shape index (κ2) is 9.53. The Bertz CT molecular complexity index is 1160. The molecule has 12 heteroatoms. The third-order valence-corrected chi connectivity index (χ3v) is 7.93. The van der Waals surface area contributed by atoms with E-state index in [1.807, 2.05) is 0 Å². The number of nitrogens with zero attached hydrogens (tertiary/aromatic N) is 1. The first-order valence-electron chi connectivity index (χ1n) is 9.17. The van der Waals surface area contributed by atoms with Crippen LogP contribution < -0.4 is 10.1 Å². The van der Waals surface area contributed by atoms with Crippen LogP contribution >= 0.6 is 11.6 Å². The van der Waals surface area contributed by atoms with Gasteiger partial charge in [-0.2, -0.15) is 4.31 Å². The molecular weight excluding hydrogens is 468 g/mol. The summed E-state index contributed by atoms with van der Waals surface area (Å²) in [5, 5.41) is 2.61. The molecule has 168 valence electrons. The van der Waals surface area contributed by atoms with Crippen molar-refractivity contribution in [3.63, 3.8) is 0 Å². The van der Waals surface area contributed by atoms with Gasteiger partial charge >= 0.3 is 0 Å². The van der Waals surface area contributed by atoms with Crippen molar-refractivity contribution >= 4 is 43.1 Å². The molecule has 1 heterocycles. The topological polar surface area (TPSA) is 119 Å². The molecule has 2 aromatic rings. The van der Waals surface area contributed by atoms with Crippen LogP contribution in [0, 0.1) is 0 Å². The van der Waals surface area contributed by atoms with Crippen molar-refractivity contribution in [1.82, 2.24) is 4.31 Å². The van der Waals surface area contributed by atoms with Gasteiger partial charge in [0.25, 0.3) is 5.91 Å². The largest absolute Gasteiger partial charge is 0.484 e. The fourth-order valence-corrected chi connectivity index (χ4v) is 5.37. The first-order valence-corrected chi connectivity index (χ1v) is 12.9. The summed E-state index contributed by atoms with van der Waals surface area (Å²) in [6.45, 7) is 0.695. The zero-order valence-corrected chi connectivity index (χ0v) is 19.0. The molecule has 1 aliphatic rings. The first-order chi connectivity index (χ1) is 14.6. The number of rotatable bonds is 7. The van der Waals surface area contributed by atoms with Crippen LogP contribution in [0.2, 0.25) is 5.02 Å². The summed E-state index contributed by atoms with van der Waals surface area (Å²) >= 11 is 6.11. The van der Waals surface area contributed by atoms with Crippen LogP contribution in [0.1, 0.15) is 0 Å². The molecule has 1 fully saturated rings. The average Bonchev–Trinajstić information content (AvgIpc) is 2.74. The van der Waals surface area contributed by atoms with E-state index in [1.165, 1.54) is 46.8 Å². The lowest BCUT2D eigenvalue weighted by Gasteiger charge is -2.26. The smallest absolute Gasteiger partial charge is 0.262 e. The number of carbonyl (C=O) groups excluding carboxylic acids is 1. The minimum absolute atomic E-state index is 0.0479. The van der Waals surface area contributed by atoms with E-state index in [4.69, 9.17) is 21.1 Å². The van der Waals surface area contributed by atoms with Gasteiger partial charge < -0.3 is 14.8 Å². The highest BCUT2D eigenvalue weighted by Crippen LogP contribution is 2.28. The molecule has 0 unspecified atom stereocenters. The standard InChI is InChI=1S/C19H21ClN2O7S2/c1-30(24,25)16-5-3-15(4-6-16)29-13-19(23)21-14-2-7-17(20)18(12-14)31(26,27)22-8-10-28-11-9-22/h2-7,12H,8-11,13H2,1H3,(H,21,23). The number of morpholine rings is 1. The number of benzene rings is 2. The molecule has 0 aromatic heterocycles. The van der Waals surface area contributed by atoms with Gasteiger partial charge in [-0.1, -0.05) is 11.6 Å². The molecule has 0 aliphatic carbocycles. The van der Waals surface area contributed by atoms with Crippen molar-refractivity contribution in [3.05, 3.63) is 47.5 Å². The van der Waals surface area contributed by atoms with Gasteiger partial charge in [-0.05, 0) is 42.5 Å². The fraction of sp³-hybridized carbons (Fsp3) is 0.316. The first kappa shape index (κ1) is 23.5. The van der Waals surface area contributed by atoms with E-state index in [9.17, 15) is 21.6 Å². The maximum atomic E-state index is 12.9. The van der Waals surface area contributed by atoms with Gasteiger partial charge in [-0.3, -0.25) is 4.79 Å². The molecule has 0 spiro atoms. The molecule has 1 aliphatic heterocycles. The zero-order chi connectivity index (χ0) is 22.6. The van der Waals surface area contributed by atoms with E-state index in [0.29, 0.717) is 19.0 Å². The third-order valence-electron chi connectivity index (χ3n) is 4.42. The quantitative estimate of drug-likeness (QED) is 0.630. The Morgan fingerprint density at radius 3 is 2.35 bits per heavy atom. The second-order valence-electron chi connectivity index (χ2n) is 6.74. The number of hydrogen-bond donors (Lipinski definition) is 1. The molecule has 0 saturated carbocycles. The lowest BCUT2D eigenvalue weighted by Crippen LogP contribution is -2.40. The normalized spacial score (nSPS) is 15.4. The van der Waals surface area contributed by atoms with Crippen molar-refractivity contribution in [1.29, 1.82) is 0 Å². The number of amides is 1. The van der Waals surface area contributed by atoms with Crippen LogP contribution in [0.15, 0.2) is 52.3 Å². The number of sulfone groups is 1. The molecule has 0 radical (unpaired) electrons. The molecule has 1 saturated heterocycles. The molecule has 0 bridgehead atoms. The van der Waals surface area contributed by atoms with E-state index in [1.54, 1.807) is 0 Å². The highest BCUT2D eigenvalue weighted by atomic mass is 35.5. The molecule has 31 heavy (non-hydrogen) atoms. The fourth-order valence-electron chi connectivity index (χ4n) is 2.83. The molecule has 9 nitrogen and oxygen atoms in total. The van der Waals surface area contributed by atoms with Gasteiger partial charge in [0.15, 0.2) is 16.4 Å². The SMILES string of the molecule is CS(=O)(=O)c1ccc(OCC(=O)Nc2ccc(Cl)c(S(=O)(=O)N3CCOCC3)c2)cc1. The van der Waals surface area contributed by atoms with Gasteiger partial charge in [0.1, 0.15) is 10.6 Å². The Morgan fingerprint density at radius 1 is 1.10 bits per heavy atom. The van der Waals surface area contributed by atoms with E-state index >= 15 is 0 Å². The summed E-state index contributed by atoms with van der Waals surface area (Å²) in [5.74, 6) is -0.210. The highest BCUT2D eigenvalue weighted by molar-refractivity contribution is 7.90. The van der Waals surface area contributed by atoms with Crippen molar-refractivity contribution < 1.29 is 31.1 Å². The Kier molecular flexibility index (Phi) is 7.22. The highest BCUT2D eigenvalue weighted by Gasteiger charge is 2.28. The van der Waals surface area contributed by atoms with Crippen LogP contribution in [-0.4, -0.2) is 66.2 Å². The van der Waals surface area contributed by atoms with Gasteiger partial charge in [-0.15, -0.1) is 0 Å². The van der Waals surface area contributed by atoms with Crippen LogP contribution in [0.25, 0.3) is 0 Å². The Labute approximate surface area is 185 Å². The third kappa shape index (κ3) is 5.95. The summed E-state index contributed by atoms with van der Waals surface area (Å²) in [7, 11) is -7.16. The monoisotopic (exact) mass is 488 g/mol. The average molecular weight is 489 g/mol. The van der Waals surface area contributed by atoms with Crippen LogP contribution in [0.3, 0.4) is 0 Å². The number of sulfonamides is 1.